The van der Waals surface area contributed by atoms with Crippen molar-refractivity contribution in [2.75, 3.05) is 12.1 Å². The summed E-state index contributed by atoms with van der Waals surface area (Å²) in [5.74, 6) is 12.3. The number of anilines is 1. The summed E-state index contributed by atoms with van der Waals surface area (Å²) in [7, 11) is 1.47. The molecule has 4 N–H and O–H groups in total. The Morgan fingerprint density at radius 1 is 1.10 bits per heavy atom. The highest BCUT2D eigenvalue weighted by molar-refractivity contribution is 7.98. The van der Waals surface area contributed by atoms with Gasteiger partial charge in [-0.1, -0.05) is 12.1 Å². The van der Waals surface area contributed by atoms with Crippen LogP contribution in [0.25, 0.3) is 5.69 Å². The van der Waals surface area contributed by atoms with Gasteiger partial charge in [0.2, 0.25) is 0 Å². The Kier molecular flexibility index (Phi) is 6.26. The van der Waals surface area contributed by atoms with Crippen LogP contribution in [0, 0.1) is 20.8 Å². The molecule has 1 heterocycles. The average molecular weight is 411 g/mol. The molecule has 0 unspecified atom stereocenters. The number of aryl methyl sites for hydroxylation is 3. The number of hydrogen-bond acceptors (Lipinski definition) is 5. The Hall–Kier alpha value is -2.81. The van der Waals surface area contributed by atoms with Crippen LogP contribution in [-0.4, -0.2) is 27.9 Å². The van der Waals surface area contributed by atoms with E-state index in [9.17, 15) is 4.79 Å². The molecule has 0 aliphatic heterocycles. The first-order valence-corrected chi connectivity index (χ1v) is 10.2. The van der Waals surface area contributed by atoms with Gasteiger partial charge in [0.05, 0.1) is 11.4 Å². The number of carbonyl (C=O) groups excluding carboxylic acids is 1. The number of urea groups is 1. The van der Waals surface area contributed by atoms with Crippen LogP contribution in [0.1, 0.15) is 22.3 Å². The third kappa shape index (κ3) is 4.45. The summed E-state index contributed by atoms with van der Waals surface area (Å²) in [5, 5.41) is 6.40. The zero-order valence-corrected chi connectivity index (χ0v) is 17.9. The minimum atomic E-state index is -0.475. The number of benzene rings is 2. The molecule has 0 aliphatic rings. The molecular formula is C21H26N6OS. The lowest BCUT2D eigenvalue weighted by Crippen LogP contribution is -2.49. The molecule has 3 aromatic rings. The van der Waals surface area contributed by atoms with Crippen molar-refractivity contribution in [3.63, 3.8) is 0 Å². The molecule has 29 heavy (non-hydrogen) atoms. The first-order valence-electron chi connectivity index (χ1n) is 9.19. The number of amides is 2. The molecule has 0 atom stereocenters. The van der Waals surface area contributed by atoms with Crippen LogP contribution in [0.2, 0.25) is 0 Å². The van der Waals surface area contributed by atoms with Gasteiger partial charge < -0.3 is 0 Å². The minimum Gasteiger partial charge on any atom is -0.264 e. The van der Waals surface area contributed by atoms with Gasteiger partial charge in [0, 0.05) is 30.1 Å². The second kappa shape index (κ2) is 8.69. The van der Waals surface area contributed by atoms with Crippen molar-refractivity contribution >= 4 is 23.5 Å². The van der Waals surface area contributed by atoms with Gasteiger partial charge >= 0.3 is 6.03 Å². The number of hydrogen-bond donors (Lipinski definition) is 2. The van der Waals surface area contributed by atoms with E-state index in [-0.39, 0.29) is 0 Å². The summed E-state index contributed by atoms with van der Waals surface area (Å²) >= 11 is 1.72. The fourth-order valence-corrected chi connectivity index (χ4v) is 4.33. The molecule has 0 bridgehead atoms. The van der Waals surface area contributed by atoms with Crippen molar-refractivity contribution in [1.29, 1.82) is 0 Å². The highest BCUT2D eigenvalue weighted by atomic mass is 32.2. The Balaban J connectivity index is 1.87. The van der Waals surface area contributed by atoms with Gasteiger partial charge in [-0.2, -0.15) is 5.10 Å². The maximum absolute atomic E-state index is 12.2. The summed E-state index contributed by atoms with van der Waals surface area (Å²) < 4.78 is 1.87. The molecule has 152 valence electrons. The van der Waals surface area contributed by atoms with Crippen LogP contribution in [0.3, 0.4) is 0 Å². The molecule has 8 heteroatoms. The molecule has 0 spiro atoms. The molecule has 7 nitrogen and oxygen atoms in total. The second-order valence-electron chi connectivity index (χ2n) is 6.98. The molecule has 1 aromatic heterocycles. The van der Waals surface area contributed by atoms with Gasteiger partial charge in [-0.15, -0.1) is 11.8 Å². The molecular weight excluding hydrogens is 384 g/mol. The summed E-state index contributed by atoms with van der Waals surface area (Å²) in [4.78, 5) is 13.4. The van der Waals surface area contributed by atoms with Crippen LogP contribution >= 0.6 is 11.8 Å². The largest absolute Gasteiger partial charge is 0.352 e. The van der Waals surface area contributed by atoms with Crippen molar-refractivity contribution in [3.05, 3.63) is 71.0 Å². The van der Waals surface area contributed by atoms with Crippen LogP contribution in [0.5, 0.6) is 0 Å². The van der Waals surface area contributed by atoms with E-state index in [1.807, 2.05) is 42.1 Å². The van der Waals surface area contributed by atoms with Gasteiger partial charge in [0.1, 0.15) is 0 Å². The first-order chi connectivity index (χ1) is 13.8. The minimum absolute atomic E-state index is 0.475. The van der Waals surface area contributed by atoms with E-state index in [1.165, 1.54) is 17.5 Å². The van der Waals surface area contributed by atoms with Crippen LogP contribution in [0.4, 0.5) is 10.5 Å². The Morgan fingerprint density at radius 3 is 2.52 bits per heavy atom. The van der Waals surface area contributed by atoms with Crippen molar-refractivity contribution in [1.82, 2.24) is 14.8 Å². The molecule has 2 amide bonds. The van der Waals surface area contributed by atoms with E-state index in [1.54, 1.807) is 18.0 Å². The fourth-order valence-electron chi connectivity index (χ4n) is 3.11. The monoisotopic (exact) mass is 410 g/mol. The van der Waals surface area contributed by atoms with Crippen molar-refractivity contribution in [2.24, 2.45) is 11.7 Å². The maximum Gasteiger partial charge on any atom is 0.352 e. The lowest BCUT2D eigenvalue weighted by atomic mass is 10.1. The summed E-state index contributed by atoms with van der Waals surface area (Å²) in [6.45, 7) is 6.19. The SMILES string of the molecule is Cc1cc(-n2cccn2)c(C)cc1SCc1c(C)cccc1N(N)C(=O)N(C)N. The molecule has 0 radical (unpaired) electrons. The molecule has 0 saturated carbocycles. The van der Waals surface area contributed by atoms with Crippen LogP contribution in [-0.2, 0) is 5.75 Å². The first kappa shape index (κ1) is 20.9. The smallest absolute Gasteiger partial charge is 0.264 e. The summed E-state index contributed by atoms with van der Waals surface area (Å²) in [5.41, 5.74) is 6.11. The van der Waals surface area contributed by atoms with E-state index in [2.05, 4.69) is 31.1 Å². The topological polar surface area (TPSA) is 93.4 Å². The zero-order valence-electron chi connectivity index (χ0n) is 17.1. The highest BCUT2D eigenvalue weighted by Crippen LogP contribution is 2.33. The Labute approximate surface area is 175 Å². The van der Waals surface area contributed by atoms with Crippen molar-refractivity contribution in [3.8, 4) is 5.69 Å². The van der Waals surface area contributed by atoms with Crippen molar-refractivity contribution in [2.45, 2.75) is 31.4 Å². The van der Waals surface area contributed by atoms with Gasteiger partial charge in [-0.3, -0.25) is 5.01 Å². The summed E-state index contributed by atoms with van der Waals surface area (Å²) in [6, 6.07) is 11.5. The highest BCUT2D eigenvalue weighted by Gasteiger charge is 2.19. The van der Waals surface area contributed by atoms with E-state index in [0.717, 1.165) is 32.4 Å². The van der Waals surface area contributed by atoms with Crippen LogP contribution in [0.15, 0.2) is 53.7 Å². The fraction of sp³-hybridized carbons (Fsp3) is 0.238. The molecule has 0 fully saturated rings. The number of thioether (sulfide) groups is 1. The zero-order chi connectivity index (χ0) is 21.1. The number of carbonyl (C=O) groups is 1. The predicted molar refractivity (Wildman–Crippen MR) is 118 cm³/mol. The second-order valence-corrected chi connectivity index (χ2v) is 8.00. The average Bonchev–Trinajstić information content (AvgIpc) is 3.22. The lowest BCUT2D eigenvalue weighted by molar-refractivity contribution is 0.216. The van der Waals surface area contributed by atoms with E-state index < -0.39 is 6.03 Å². The standard InChI is InChI=1S/C21H26N6OS/c1-14-7-5-8-18(27(23)21(28)25(4)22)17(14)13-29-20-12-15(2)19(11-16(20)3)26-10-6-9-24-26/h5-12H,13,22-23H2,1-4H3. The normalized spacial score (nSPS) is 10.8. The maximum atomic E-state index is 12.2. The van der Waals surface area contributed by atoms with E-state index >= 15 is 0 Å². The molecule has 3 rings (SSSR count). The summed E-state index contributed by atoms with van der Waals surface area (Å²) in [6.07, 6.45) is 3.71. The van der Waals surface area contributed by atoms with E-state index in [0.29, 0.717) is 11.4 Å². The quantitative estimate of drug-likeness (QED) is 0.290. The number of aromatic nitrogens is 2. The predicted octanol–water partition coefficient (Wildman–Crippen LogP) is 3.70. The van der Waals surface area contributed by atoms with Crippen molar-refractivity contribution < 1.29 is 4.79 Å². The van der Waals surface area contributed by atoms with E-state index in [4.69, 9.17) is 11.7 Å². The van der Waals surface area contributed by atoms with Gasteiger partial charge in [-0.25, -0.2) is 26.2 Å². The van der Waals surface area contributed by atoms with Gasteiger partial charge in [0.15, 0.2) is 0 Å². The third-order valence-electron chi connectivity index (χ3n) is 4.77. The van der Waals surface area contributed by atoms with Gasteiger partial charge in [0.25, 0.3) is 0 Å². The Morgan fingerprint density at radius 2 is 1.86 bits per heavy atom. The lowest BCUT2D eigenvalue weighted by Gasteiger charge is -2.24. The molecule has 0 saturated heterocycles. The number of hydrazine groups is 2. The van der Waals surface area contributed by atoms with Crippen LogP contribution < -0.4 is 16.7 Å². The Bertz CT molecular complexity index is 1020. The number of nitrogens with two attached hydrogens (primary N) is 2. The van der Waals surface area contributed by atoms with Gasteiger partial charge in [-0.05, 0) is 67.3 Å². The molecule has 2 aromatic carbocycles. The third-order valence-corrected chi connectivity index (χ3v) is 5.95. The number of rotatable bonds is 5. The molecule has 0 aliphatic carbocycles. The number of nitrogens with zero attached hydrogens (tertiary/aromatic N) is 4.